The summed E-state index contributed by atoms with van der Waals surface area (Å²) in [6, 6.07) is 29.5. The molecule has 0 saturated heterocycles. The van der Waals surface area contributed by atoms with Crippen LogP contribution in [0.2, 0.25) is 0 Å². The minimum absolute atomic E-state index is 0.138. The van der Waals surface area contributed by atoms with E-state index < -0.39 is 0 Å². The molecule has 3 aromatic carbocycles. The summed E-state index contributed by atoms with van der Waals surface area (Å²) in [5.74, 6) is 9.96. The fourth-order valence-corrected chi connectivity index (χ4v) is 12.2. The summed E-state index contributed by atoms with van der Waals surface area (Å²) in [6.45, 7) is 1.48. The maximum Gasteiger partial charge on any atom is 0.220 e. The monoisotopic (exact) mass is 743 g/mol. The van der Waals surface area contributed by atoms with Crippen LogP contribution >= 0.6 is 0 Å². The molecule has 7 nitrogen and oxygen atoms in total. The van der Waals surface area contributed by atoms with Crippen molar-refractivity contribution in [3.8, 4) is 34.2 Å². The number of hydrogen-bond acceptors (Lipinski definition) is 4. The lowest BCUT2D eigenvalue weighted by Crippen LogP contribution is -2.59. The van der Waals surface area contributed by atoms with Gasteiger partial charge in [-0.3, -0.25) is 10.2 Å². The van der Waals surface area contributed by atoms with Crippen LogP contribution in [0.1, 0.15) is 101 Å². The van der Waals surface area contributed by atoms with Crippen molar-refractivity contribution in [2.24, 2.45) is 28.6 Å². The van der Waals surface area contributed by atoms with Gasteiger partial charge in [0.15, 0.2) is 0 Å². The van der Waals surface area contributed by atoms with E-state index in [1.54, 1.807) is 0 Å². The zero-order valence-corrected chi connectivity index (χ0v) is 32.4. The highest BCUT2D eigenvalue weighted by molar-refractivity contribution is 6.02. The first kappa shape index (κ1) is 35.5. The minimum Gasteiger partial charge on any atom is -0.393 e. The SMILES string of the molecule is N=c1c2c(-c3ccccc3)c(-c3ccccc3)n(Cc3cccc(C#CCCCCC(=O)NCC45CC6CC7CC(C4)C76C5)c3)c2ncn1C1CCC(O)CC1. The molecule has 1 spiro atoms. The zero-order valence-electron chi connectivity index (χ0n) is 32.4. The number of hydrogen-bond donors (Lipinski definition) is 3. The molecule has 0 radical (unpaired) electrons. The van der Waals surface area contributed by atoms with Crippen molar-refractivity contribution in [3.63, 3.8) is 0 Å². The van der Waals surface area contributed by atoms with Crippen molar-refractivity contribution in [3.05, 3.63) is 108 Å². The van der Waals surface area contributed by atoms with Crippen LogP contribution in [0.25, 0.3) is 33.4 Å². The number of aromatic nitrogens is 3. The number of carbonyl (C=O) groups excluding carboxylic acids is 1. The second-order valence-electron chi connectivity index (χ2n) is 17.9. The van der Waals surface area contributed by atoms with Gasteiger partial charge < -0.3 is 19.6 Å². The maximum atomic E-state index is 12.8. The maximum absolute atomic E-state index is 12.8. The van der Waals surface area contributed by atoms with Crippen molar-refractivity contribution < 1.29 is 9.90 Å². The smallest absolute Gasteiger partial charge is 0.220 e. The van der Waals surface area contributed by atoms with Crippen LogP contribution in [-0.4, -0.2) is 37.8 Å². The number of unbranched alkanes of at least 4 members (excludes halogenated alkanes) is 2. The number of carbonyl (C=O) groups is 1. The van der Waals surface area contributed by atoms with Crippen LogP contribution in [0.15, 0.2) is 91.3 Å². The van der Waals surface area contributed by atoms with E-state index in [1.165, 1.54) is 32.1 Å². The molecule has 5 aromatic rings. The fourth-order valence-electron chi connectivity index (χ4n) is 12.2. The number of rotatable bonds is 11. The molecule has 5 fully saturated rings. The topological polar surface area (TPSA) is 95.9 Å². The quantitative estimate of drug-likeness (QED) is 0.0931. The molecule has 1 amide bonds. The van der Waals surface area contributed by atoms with Gasteiger partial charge in [-0.2, -0.15) is 0 Å². The lowest BCUT2D eigenvalue weighted by molar-refractivity contribution is -0.177. The largest absolute Gasteiger partial charge is 0.393 e. The van der Waals surface area contributed by atoms with E-state index in [-0.39, 0.29) is 18.1 Å². The van der Waals surface area contributed by atoms with Crippen LogP contribution in [0.4, 0.5) is 0 Å². The molecule has 286 valence electrons. The molecule has 2 heterocycles. The van der Waals surface area contributed by atoms with Gasteiger partial charge in [-0.05, 0) is 128 Å². The first-order chi connectivity index (χ1) is 27.4. The summed E-state index contributed by atoms with van der Waals surface area (Å²) < 4.78 is 4.31. The third-order valence-corrected chi connectivity index (χ3v) is 14.8. The third kappa shape index (κ3) is 6.04. The average Bonchev–Trinajstić information content (AvgIpc) is 3.82. The highest BCUT2D eigenvalue weighted by Crippen LogP contribution is 2.84. The van der Waals surface area contributed by atoms with Gasteiger partial charge in [0.05, 0.1) is 23.5 Å². The summed E-state index contributed by atoms with van der Waals surface area (Å²) in [6.07, 6.45) is 14.9. The Morgan fingerprint density at radius 1 is 0.893 bits per heavy atom. The van der Waals surface area contributed by atoms with Crippen LogP contribution < -0.4 is 10.8 Å². The van der Waals surface area contributed by atoms with E-state index >= 15 is 0 Å². The molecule has 7 heteroatoms. The summed E-state index contributed by atoms with van der Waals surface area (Å²) in [5.41, 5.74) is 8.67. The van der Waals surface area contributed by atoms with Crippen LogP contribution in [0.3, 0.4) is 0 Å². The standard InChI is InChI=1S/C49H53N5O2/c50-46-44-43(35-15-6-3-7-16-35)45(36-17-8-4-9-18-36)53(47(44)52-32-54(46)40-20-22-41(55)23-21-40)29-34-14-11-13-33(24-34)12-5-1-2-10-19-42(56)51-31-48-27-38-25-37-26-39(28-48)49(37,38)30-48/h3-4,6-9,11,13-18,24,32,37-41,50,55H,1-2,10,19-23,25-31H2,(H,51,56). The van der Waals surface area contributed by atoms with Gasteiger partial charge in [-0.25, -0.2) is 4.98 Å². The Kier molecular flexibility index (Phi) is 9.01. The molecular weight excluding hydrogens is 691 g/mol. The molecule has 2 atom stereocenters. The van der Waals surface area contributed by atoms with E-state index in [0.717, 1.165) is 114 Å². The molecule has 2 bridgehead atoms. The fraction of sp³-hybridized carbons (Fsp3) is 0.449. The Balaban J connectivity index is 0.856. The molecule has 5 saturated carbocycles. The molecule has 56 heavy (non-hydrogen) atoms. The van der Waals surface area contributed by atoms with Crippen molar-refractivity contribution in [1.82, 2.24) is 19.4 Å². The van der Waals surface area contributed by atoms with Gasteiger partial charge >= 0.3 is 0 Å². The van der Waals surface area contributed by atoms with E-state index in [4.69, 9.17) is 4.98 Å². The number of nitrogens with one attached hydrogen (secondary N) is 2. The van der Waals surface area contributed by atoms with E-state index in [9.17, 15) is 15.3 Å². The Bertz CT molecular complexity index is 2380. The zero-order chi connectivity index (χ0) is 37.9. The first-order valence-corrected chi connectivity index (χ1v) is 21.2. The second kappa shape index (κ2) is 14.2. The highest BCUT2D eigenvalue weighted by Gasteiger charge is 2.77. The Hall–Kier alpha value is -4.93. The van der Waals surface area contributed by atoms with Gasteiger partial charge in [0.1, 0.15) is 11.1 Å². The Labute approximate surface area is 330 Å². The van der Waals surface area contributed by atoms with Gasteiger partial charge in [0.2, 0.25) is 5.91 Å². The molecule has 0 aliphatic heterocycles. The number of nitrogens with zero attached hydrogens (tertiary/aromatic N) is 3. The van der Waals surface area contributed by atoms with Gasteiger partial charge in [-0.1, -0.05) is 84.6 Å². The van der Waals surface area contributed by atoms with Crippen LogP contribution in [0.5, 0.6) is 0 Å². The van der Waals surface area contributed by atoms with Crippen molar-refractivity contribution >= 4 is 16.9 Å². The first-order valence-electron chi connectivity index (χ1n) is 21.2. The molecule has 5 aliphatic carbocycles. The molecule has 3 N–H and O–H groups in total. The molecule has 2 unspecified atom stereocenters. The number of amides is 1. The number of aliphatic hydroxyl groups excluding tert-OH is 1. The van der Waals surface area contributed by atoms with Crippen molar-refractivity contribution in [1.29, 1.82) is 5.41 Å². The number of aliphatic hydroxyl groups is 1. The van der Waals surface area contributed by atoms with Crippen molar-refractivity contribution in [2.75, 3.05) is 6.54 Å². The van der Waals surface area contributed by atoms with Gasteiger partial charge in [0, 0.05) is 43.1 Å². The molecule has 10 rings (SSSR count). The van der Waals surface area contributed by atoms with Crippen LogP contribution in [0, 0.1) is 45.8 Å². The lowest BCUT2D eigenvalue weighted by Gasteiger charge is -2.66. The Morgan fingerprint density at radius 3 is 2.34 bits per heavy atom. The summed E-state index contributed by atoms with van der Waals surface area (Å²) in [5, 5.41) is 24.1. The summed E-state index contributed by atoms with van der Waals surface area (Å²) in [4.78, 5) is 17.9. The van der Waals surface area contributed by atoms with E-state index in [2.05, 4.69) is 94.5 Å². The molecular formula is C49H53N5O2. The average molecular weight is 744 g/mol. The second-order valence-corrected chi connectivity index (χ2v) is 17.9. The lowest BCUT2D eigenvalue weighted by atomic mass is 9.38. The highest BCUT2D eigenvalue weighted by atomic mass is 16.3. The summed E-state index contributed by atoms with van der Waals surface area (Å²) in [7, 11) is 0. The number of fused-ring (bicyclic) bond motifs is 2. The van der Waals surface area contributed by atoms with Crippen LogP contribution in [-0.2, 0) is 11.3 Å². The van der Waals surface area contributed by atoms with E-state index in [0.29, 0.717) is 29.3 Å². The third-order valence-electron chi connectivity index (χ3n) is 14.8. The minimum atomic E-state index is -0.261. The predicted molar refractivity (Wildman–Crippen MR) is 220 cm³/mol. The number of benzene rings is 3. The summed E-state index contributed by atoms with van der Waals surface area (Å²) >= 11 is 0. The molecule has 2 aromatic heterocycles. The van der Waals surface area contributed by atoms with Gasteiger partial charge in [-0.15, -0.1) is 0 Å². The Morgan fingerprint density at radius 2 is 1.62 bits per heavy atom. The molecule has 5 aliphatic rings. The van der Waals surface area contributed by atoms with Crippen molar-refractivity contribution in [2.45, 2.75) is 102 Å². The van der Waals surface area contributed by atoms with Gasteiger partial charge in [0.25, 0.3) is 0 Å². The van der Waals surface area contributed by atoms with E-state index in [1.807, 2.05) is 23.0 Å². The predicted octanol–water partition coefficient (Wildman–Crippen LogP) is 9.03. The normalized spacial score (nSPS) is 28.2.